The first-order chi connectivity index (χ1) is 14.9. The maximum atomic E-state index is 12.7. The second-order valence-electron chi connectivity index (χ2n) is 6.74. The third-order valence-electron chi connectivity index (χ3n) is 4.41. The van der Waals surface area contributed by atoms with Gasteiger partial charge in [0.15, 0.2) is 0 Å². The van der Waals surface area contributed by atoms with Gasteiger partial charge in [-0.05, 0) is 48.2 Å². The molecule has 160 valence electrons. The number of aliphatic hydroxyl groups is 1. The van der Waals surface area contributed by atoms with E-state index in [2.05, 4.69) is 16.6 Å². The van der Waals surface area contributed by atoms with Crippen LogP contribution in [0.25, 0.3) is 0 Å². The van der Waals surface area contributed by atoms with Crippen LogP contribution in [-0.4, -0.2) is 37.2 Å². The molecular formula is C23H21NO5S2. The fraction of sp³-hybridized carbons (Fsp3) is 0.174. The molecule has 0 aliphatic carbocycles. The van der Waals surface area contributed by atoms with Crippen molar-refractivity contribution in [2.75, 3.05) is 6.61 Å². The number of sulfonamides is 1. The van der Waals surface area contributed by atoms with Crippen LogP contribution in [0.1, 0.15) is 21.6 Å². The van der Waals surface area contributed by atoms with E-state index in [1.807, 2.05) is 24.3 Å². The summed E-state index contributed by atoms with van der Waals surface area (Å²) in [5.74, 6) is 4.66. The van der Waals surface area contributed by atoms with Crippen molar-refractivity contribution in [3.05, 3.63) is 88.3 Å². The second kappa shape index (κ2) is 10.4. The van der Waals surface area contributed by atoms with Crippen molar-refractivity contribution in [3.63, 3.8) is 0 Å². The summed E-state index contributed by atoms with van der Waals surface area (Å²) in [4.78, 5) is 12.1. The zero-order valence-electron chi connectivity index (χ0n) is 16.5. The molecule has 1 atom stereocenters. The minimum atomic E-state index is -4.00. The van der Waals surface area contributed by atoms with Crippen LogP contribution in [0.2, 0.25) is 0 Å². The van der Waals surface area contributed by atoms with Gasteiger partial charge in [-0.15, -0.1) is 11.3 Å². The second-order valence-corrected chi connectivity index (χ2v) is 9.77. The molecule has 0 saturated carbocycles. The number of aliphatic carboxylic acids is 1. The van der Waals surface area contributed by atoms with Gasteiger partial charge in [-0.2, -0.15) is 4.72 Å². The molecule has 0 aliphatic rings. The topological polar surface area (TPSA) is 104 Å². The maximum absolute atomic E-state index is 12.7. The minimum Gasteiger partial charge on any atom is -0.480 e. The Balaban J connectivity index is 1.72. The van der Waals surface area contributed by atoms with Crippen molar-refractivity contribution in [2.45, 2.75) is 23.1 Å². The molecule has 0 saturated heterocycles. The number of carboxylic acid groups (broad SMARTS) is 1. The lowest BCUT2D eigenvalue weighted by Gasteiger charge is -2.14. The summed E-state index contributed by atoms with van der Waals surface area (Å²) in [6.07, 6.45) is 0.619. The molecule has 8 heteroatoms. The lowest BCUT2D eigenvalue weighted by atomic mass is 10.1. The SMILES string of the molecule is O=C(O)C(Cc1ccccc1)NS(=O)(=O)c1ccc(C#Cc2ccc(CCO)cc2)s1. The maximum Gasteiger partial charge on any atom is 0.322 e. The number of benzene rings is 2. The Kier molecular flexibility index (Phi) is 7.60. The first-order valence-corrected chi connectivity index (χ1v) is 11.8. The highest BCUT2D eigenvalue weighted by molar-refractivity contribution is 7.91. The van der Waals surface area contributed by atoms with Crippen molar-refractivity contribution in [1.29, 1.82) is 0 Å². The number of rotatable bonds is 8. The Morgan fingerprint density at radius 2 is 1.68 bits per heavy atom. The summed E-state index contributed by atoms with van der Waals surface area (Å²) in [6, 6.07) is 18.0. The number of carbonyl (C=O) groups is 1. The molecule has 1 unspecified atom stereocenters. The summed E-state index contributed by atoms with van der Waals surface area (Å²) in [5, 5.41) is 18.4. The first-order valence-electron chi connectivity index (χ1n) is 9.48. The molecule has 3 aromatic rings. The monoisotopic (exact) mass is 455 g/mol. The van der Waals surface area contributed by atoms with Crippen molar-refractivity contribution >= 4 is 27.3 Å². The van der Waals surface area contributed by atoms with Gasteiger partial charge in [-0.25, -0.2) is 8.42 Å². The predicted octanol–water partition coefficient (Wildman–Crippen LogP) is 2.66. The average Bonchev–Trinajstić information content (AvgIpc) is 3.24. The van der Waals surface area contributed by atoms with Gasteiger partial charge in [0, 0.05) is 12.2 Å². The van der Waals surface area contributed by atoms with Crippen molar-refractivity contribution in [2.24, 2.45) is 0 Å². The van der Waals surface area contributed by atoms with Crippen molar-refractivity contribution in [1.82, 2.24) is 4.72 Å². The van der Waals surface area contributed by atoms with E-state index in [0.29, 0.717) is 11.3 Å². The summed E-state index contributed by atoms with van der Waals surface area (Å²) in [6.45, 7) is 0.0829. The van der Waals surface area contributed by atoms with Gasteiger partial charge in [0.1, 0.15) is 10.3 Å². The van der Waals surface area contributed by atoms with Crippen molar-refractivity contribution in [3.8, 4) is 11.8 Å². The van der Waals surface area contributed by atoms with E-state index in [0.717, 1.165) is 28.0 Å². The molecule has 6 nitrogen and oxygen atoms in total. The Morgan fingerprint density at radius 1 is 0.968 bits per heavy atom. The van der Waals surface area contributed by atoms with E-state index < -0.39 is 22.0 Å². The zero-order chi connectivity index (χ0) is 22.3. The molecule has 0 amide bonds. The van der Waals surface area contributed by atoms with Gasteiger partial charge < -0.3 is 10.2 Å². The lowest BCUT2D eigenvalue weighted by Crippen LogP contribution is -2.42. The van der Waals surface area contributed by atoms with Crippen LogP contribution in [0, 0.1) is 11.8 Å². The Hall–Kier alpha value is -2.96. The summed E-state index contributed by atoms with van der Waals surface area (Å²) >= 11 is 0.980. The van der Waals surface area contributed by atoms with E-state index in [1.54, 1.807) is 36.4 Å². The van der Waals surface area contributed by atoms with Crippen LogP contribution >= 0.6 is 11.3 Å². The molecule has 2 aromatic carbocycles. The molecule has 3 rings (SSSR count). The third kappa shape index (κ3) is 6.51. The molecule has 0 bridgehead atoms. The Morgan fingerprint density at radius 3 is 2.32 bits per heavy atom. The van der Waals surface area contributed by atoms with Crippen LogP contribution in [0.3, 0.4) is 0 Å². The quantitative estimate of drug-likeness (QED) is 0.453. The third-order valence-corrected chi connectivity index (χ3v) is 7.37. The summed E-state index contributed by atoms with van der Waals surface area (Å²) in [7, 11) is -4.00. The highest BCUT2D eigenvalue weighted by Crippen LogP contribution is 2.21. The number of thiophene rings is 1. The van der Waals surface area contributed by atoms with E-state index in [4.69, 9.17) is 5.11 Å². The molecule has 3 N–H and O–H groups in total. The molecule has 0 fully saturated rings. The van der Waals surface area contributed by atoms with Crippen LogP contribution in [-0.2, 0) is 27.7 Å². The minimum absolute atomic E-state index is 0.00871. The standard InChI is InChI=1S/C23H21NO5S2/c25-15-14-18-8-6-17(7-9-18)10-11-20-12-13-22(30-20)31(28,29)24-21(23(26)27)16-19-4-2-1-3-5-19/h1-9,12-13,21,24-25H,14-16H2,(H,26,27). The highest BCUT2D eigenvalue weighted by atomic mass is 32.2. The normalized spacial score (nSPS) is 12.0. The van der Waals surface area contributed by atoms with Crippen LogP contribution in [0.4, 0.5) is 0 Å². The van der Waals surface area contributed by atoms with Crippen LogP contribution in [0.5, 0.6) is 0 Å². The fourth-order valence-electron chi connectivity index (χ4n) is 2.82. The first kappa shape index (κ1) is 22.7. The van der Waals surface area contributed by atoms with E-state index in [1.165, 1.54) is 6.07 Å². The van der Waals surface area contributed by atoms with Gasteiger partial charge >= 0.3 is 5.97 Å². The fourth-order valence-corrected chi connectivity index (χ4v) is 5.19. The van der Waals surface area contributed by atoms with E-state index in [9.17, 15) is 18.3 Å². The number of nitrogens with one attached hydrogen (secondary N) is 1. The van der Waals surface area contributed by atoms with Gasteiger partial charge in [-0.3, -0.25) is 4.79 Å². The number of aliphatic hydroxyl groups excluding tert-OH is 1. The van der Waals surface area contributed by atoms with E-state index in [-0.39, 0.29) is 17.2 Å². The molecule has 0 spiro atoms. The molecule has 1 heterocycles. The van der Waals surface area contributed by atoms with Crippen LogP contribution < -0.4 is 4.72 Å². The van der Waals surface area contributed by atoms with Gasteiger partial charge in [-0.1, -0.05) is 54.3 Å². The Bertz CT molecular complexity index is 1190. The lowest BCUT2D eigenvalue weighted by molar-refractivity contribution is -0.138. The van der Waals surface area contributed by atoms with Gasteiger partial charge in [0.2, 0.25) is 0 Å². The smallest absolute Gasteiger partial charge is 0.322 e. The molecule has 0 aliphatic heterocycles. The number of carboxylic acids is 1. The number of hydrogen-bond acceptors (Lipinski definition) is 5. The summed E-state index contributed by atoms with van der Waals surface area (Å²) in [5.41, 5.74) is 2.50. The zero-order valence-corrected chi connectivity index (χ0v) is 18.1. The van der Waals surface area contributed by atoms with Gasteiger partial charge in [0.05, 0.1) is 4.88 Å². The van der Waals surface area contributed by atoms with Crippen molar-refractivity contribution < 1.29 is 23.4 Å². The summed E-state index contributed by atoms with van der Waals surface area (Å²) < 4.78 is 27.7. The average molecular weight is 456 g/mol. The highest BCUT2D eigenvalue weighted by Gasteiger charge is 2.26. The number of hydrogen-bond donors (Lipinski definition) is 3. The molecule has 1 aromatic heterocycles. The largest absolute Gasteiger partial charge is 0.480 e. The molecule has 31 heavy (non-hydrogen) atoms. The Labute approximate surface area is 185 Å². The van der Waals surface area contributed by atoms with E-state index >= 15 is 0 Å². The molecular weight excluding hydrogens is 434 g/mol. The van der Waals surface area contributed by atoms with Crippen LogP contribution in [0.15, 0.2) is 70.9 Å². The predicted molar refractivity (Wildman–Crippen MR) is 119 cm³/mol. The van der Waals surface area contributed by atoms with Gasteiger partial charge in [0.25, 0.3) is 10.0 Å². The molecule has 0 radical (unpaired) electrons.